The van der Waals surface area contributed by atoms with E-state index in [1.54, 1.807) is 0 Å². The average molecular weight is 400 g/mol. The zero-order valence-electron chi connectivity index (χ0n) is 16.8. The molecular formula is C22H24O7. The van der Waals surface area contributed by atoms with E-state index in [0.29, 0.717) is 17.7 Å². The molecule has 1 atom stereocenters. The third kappa shape index (κ3) is 3.81. The van der Waals surface area contributed by atoms with Crippen molar-refractivity contribution in [3.05, 3.63) is 46.5 Å². The second kappa shape index (κ2) is 7.95. The van der Waals surface area contributed by atoms with E-state index in [9.17, 15) is 20.1 Å². The van der Waals surface area contributed by atoms with Crippen LogP contribution in [0.15, 0.2) is 29.8 Å². The fourth-order valence-corrected chi connectivity index (χ4v) is 3.40. The minimum absolute atomic E-state index is 0.0756. The van der Waals surface area contributed by atoms with Gasteiger partial charge in [0, 0.05) is 23.8 Å². The molecule has 0 saturated heterocycles. The van der Waals surface area contributed by atoms with Gasteiger partial charge < -0.3 is 29.5 Å². The van der Waals surface area contributed by atoms with E-state index in [-0.39, 0.29) is 52.1 Å². The van der Waals surface area contributed by atoms with Crippen LogP contribution in [0.1, 0.15) is 47.9 Å². The molecule has 7 nitrogen and oxygen atoms in total. The number of methoxy groups -OCH3 is 2. The van der Waals surface area contributed by atoms with Crippen LogP contribution in [0.25, 0.3) is 0 Å². The number of ketones is 1. The Balaban J connectivity index is 2.14. The highest BCUT2D eigenvalue weighted by atomic mass is 16.5. The third-order valence-corrected chi connectivity index (χ3v) is 4.83. The molecule has 1 heterocycles. The molecule has 0 fully saturated rings. The Kier molecular flexibility index (Phi) is 5.59. The van der Waals surface area contributed by atoms with Crippen LogP contribution >= 0.6 is 0 Å². The second-order valence-corrected chi connectivity index (χ2v) is 7.08. The number of benzene rings is 2. The number of ether oxygens (including phenoxy) is 3. The van der Waals surface area contributed by atoms with Gasteiger partial charge in [-0.2, -0.15) is 0 Å². The Morgan fingerprint density at radius 3 is 2.31 bits per heavy atom. The first-order chi connectivity index (χ1) is 13.8. The van der Waals surface area contributed by atoms with Crippen LogP contribution in [0.2, 0.25) is 0 Å². The van der Waals surface area contributed by atoms with Crippen molar-refractivity contribution in [3.8, 4) is 34.5 Å². The molecule has 1 aliphatic heterocycles. The molecule has 0 bridgehead atoms. The highest BCUT2D eigenvalue weighted by Gasteiger charge is 2.36. The molecule has 0 spiro atoms. The molecule has 0 aromatic heterocycles. The zero-order valence-corrected chi connectivity index (χ0v) is 16.8. The summed E-state index contributed by atoms with van der Waals surface area (Å²) in [5, 5.41) is 31.1. The second-order valence-electron chi connectivity index (χ2n) is 7.08. The molecule has 154 valence electrons. The molecular weight excluding hydrogens is 376 g/mol. The van der Waals surface area contributed by atoms with Crippen molar-refractivity contribution in [1.29, 1.82) is 0 Å². The standard InChI is InChI=1S/C22H24O7/c1-11(2)5-6-13-18(28-4)9-16(25)21-17(26)10-19(29-22(13)21)20-14(23)7-12(27-3)8-15(20)24/h5,7-9,19,23-25H,6,10H2,1-4H3/t19-/m1/s1. The minimum Gasteiger partial charge on any atom is -0.507 e. The number of hydrogen-bond acceptors (Lipinski definition) is 7. The Bertz CT molecular complexity index is 964. The normalized spacial score (nSPS) is 15.3. The quantitative estimate of drug-likeness (QED) is 0.651. The monoisotopic (exact) mass is 400 g/mol. The molecule has 0 unspecified atom stereocenters. The number of phenols is 3. The van der Waals surface area contributed by atoms with Crippen LogP contribution in [0, 0.1) is 0 Å². The predicted molar refractivity (Wildman–Crippen MR) is 106 cm³/mol. The summed E-state index contributed by atoms with van der Waals surface area (Å²) in [4.78, 5) is 12.8. The molecule has 7 heteroatoms. The molecule has 2 aromatic rings. The minimum atomic E-state index is -0.933. The summed E-state index contributed by atoms with van der Waals surface area (Å²) in [6.45, 7) is 3.89. The van der Waals surface area contributed by atoms with Crippen LogP contribution < -0.4 is 14.2 Å². The van der Waals surface area contributed by atoms with Gasteiger partial charge in [0.05, 0.1) is 26.2 Å². The lowest BCUT2D eigenvalue weighted by Gasteiger charge is -2.29. The van der Waals surface area contributed by atoms with Crippen LogP contribution in [0.5, 0.6) is 34.5 Å². The number of hydrogen-bond donors (Lipinski definition) is 3. The lowest BCUT2D eigenvalue weighted by molar-refractivity contribution is 0.0836. The van der Waals surface area contributed by atoms with Crippen LogP contribution in [0.4, 0.5) is 0 Å². The average Bonchev–Trinajstić information content (AvgIpc) is 2.65. The molecule has 2 aromatic carbocycles. The van der Waals surface area contributed by atoms with Gasteiger partial charge >= 0.3 is 0 Å². The lowest BCUT2D eigenvalue weighted by Crippen LogP contribution is -2.22. The maximum Gasteiger partial charge on any atom is 0.174 e. The van der Waals surface area contributed by atoms with Gasteiger partial charge in [-0.15, -0.1) is 0 Å². The summed E-state index contributed by atoms with van der Waals surface area (Å²) in [5.74, 6) is -0.239. The molecule has 3 N–H and O–H groups in total. The fraction of sp³-hybridized carbons (Fsp3) is 0.318. The van der Waals surface area contributed by atoms with Crippen LogP contribution in [0.3, 0.4) is 0 Å². The largest absolute Gasteiger partial charge is 0.507 e. The molecule has 3 rings (SSSR count). The van der Waals surface area contributed by atoms with Crippen molar-refractivity contribution in [2.24, 2.45) is 0 Å². The van der Waals surface area contributed by atoms with E-state index in [1.807, 2.05) is 19.9 Å². The first-order valence-corrected chi connectivity index (χ1v) is 9.12. The maximum absolute atomic E-state index is 12.8. The van der Waals surface area contributed by atoms with Gasteiger partial charge in [-0.05, 0) is 20.3 Å². The highest BCUT2D eigenvalue weighted by Crippen LogP contribution is 2.49. The Hall–Kier alpha value is -3.35. The van der Waals surface area contributed by atoms with Crippen molar-refractivity contribution in [2.75, 3.05) is 14.2 Å². The van der Waals surface area contributed by atoms with Gasteiger partial charge in [0.2, 0.25) is 0 Å². The molecule has 29 heavy (non-hydrogen) atoms. The van der Waals surface area contributed by atoms with Gasteiger partial charge in [-0.1, -0.05) is 11.6 Å². The zero-order chi connectivity index (χ0) is 21.3. The van der Waals surface area contributed by atoms with Gasteiger partial charge in [-0.3, -0.25) is 4.79 Å². The van der Waals surface area contributed by atoms with Crippen molar-refractivity contribution >= 4 is 5.78 Å². The number of Topliss-reactive ketones (excluding diaryl/α,β-unsaturated/α-hetero) is 1. The summed E-state index contributed by atoms with van der Waals surface area (Å²) < 4.78 is 16.5. The van der Waals surface area contributed by atoms with E-state index in [4.69, 9.17) is 14.2 Å². The van der Waals surface area contributed by atoms with E-state index >= 15 is 0 Å². The Morgan fingerprint density at radius 1 is 1.10 bits per heavy atom. The molecule has 0 saturated carbocycles. The van der Waals surface area contributed by atoms with E-state index in [2.05, 4.69) is 0 Å². The fourth-order valence-electron chi connectivity index (χ4n) is 3.40. The smallest absolute Gasteiger partial charge is 0.174 e. The topological polar surface area (TPSA) is 105 Å². The molecule has 0 aliphatic carbocycles. The maximum atomic E-state index is 12.8. The SMILES string of the molecule is COc1cc(O)c([C@H]2CC(=O)c3c(O)cc(OC)c(CC=C(C)C)c3O2)c(O)c1. The number of phenolic OH excluding ortho intramolecular Hbond substituents is 3. The number of carbonyl (C=O) groups is 1. The number of allylic oxidation sites excluding steroid dienone is 2. The van der Waals surface area contributed by atoms with Crippen LogP contribution in [-0.4, -0.2) is 35.3 Å². The first kappa shape index (κ1) is 20.4. The summed E-state index contributed by atoms with van der Waals surface area (Å²) in [5.41, 5.74) is 1.83. The molecule has 0 radical (unpaired) electrons. The number of carbonyl (C=O) groups excluding carboxylic acids is 1. The van der Waals surface area contributed by atoms with Crippen molar-refractivity contribution in [2.45, 2.75) is 32.8 Å². The third-order valence-electron chi connectivity index (χ3n) is 4.83. The van der Waals surface area contributed by atoms with Crippen molar-refractivity contribution in [1.82, 2.24) is 0 Å². The number of fused-ring (bicyclic) bond motifs is 1. The predicted octanol–water partition coefficient (Wildman–Crippen LogP) is 4.04. The number of aromatic hydroxyl groups is 3. The van der Waals surface area contributed by atoms with Gasteiger partial charge in [-0.25, -0.2) is 0 Å². The lowest BCUT2D eigenvalue weighted by atomic mass is 9.91. The van der Waals surface area contributed by atoms with E-state index in [1.165, 1.54) is 32.4 Å². The summed E-state index contributed by atoms with van der Waals surface area (Å²) in [6, 6.07) is 4.08. The first-order valence-electron chi connectivity index (χ1n) is 9.12. The Labute approximate surface area is 168 Å². The summed E-state index contributed by atoms with van der Waals surface area (Å²) in [6.07, 6.45) is 1.30. The number of rotatable bonds is 5. The van der Waals surface area contributed by atoms with Crippen molar-refractivity contribution < 1.29 is 34.3 Å². The molecule has 0 amide bonds. The van der Waals surface area contributed by atoms with Gasteiger partial charge in [0.25, 0.3) is 0 Å². The molecule has 1 aliphatic rings. The van der Waals surface area contributed by atoms with Crippen LogP contribution in [-0.2, 0) is 6.42 Å². The highest BCUT2D eigenvalue weighted by molar-refractivity contribution is 6.03. The summed E-state index contributed by atoms with van der Waals surface area (Å²) in [7, 11) is 2.88. The Morgan fingerprint density at radius 2 is 1.76 bits per heavy atom. The van der Waals surface area contributed by atoms with Gasteiger partial charge in [0.15, 0.2) is 5.78 Å². The summed E-state index contributed by atoms with van der Waals surface area (Å²) >= 11 is 0. The van der Waals surface area contributed by atoms with E-state index < -0.39 is 6.10 Å². The van der Waals surface area contributed by atoms with Gasteiger partial charge in [0.1, 0.15) is 46.2 Å². The van der Waals surface area contributed by atoms with E-state index in [0.717, 1.165) is 5.57 Å². The van der Waals surface area contributed by atoms with Crippen molar-refractivity contribution in [3.63, 3.8) is 0 Å².